The third-order valence-electron chi connectivity index (χ3n) is 3.97. The zero-order valence-electron chi connectivity index (χ0n) is 12.9. The van der Waals surface area contributed by atoms with E-state index in [9.17, 15) is 0 Å². The monoisotopic (exact) mass is 260 g/mol. The summed E-state index contributed by atoms with van der Waals surface area (Å²) in [5.74, 6) is 0. The fraction of sp³-hybridized carbons (Fsp3) is 0.647. The van der Waals surface area contributed by atoms with Crippen LogP contribution in [-0.4, -0.2) is 30.1 Å². The summed E-state index contributed by atoms with van der Waals surface area (Å²) in [5, 5.41) is 3.68. The van der Waals surface area contributed by atoms with Crippen molar-refractivity contribution in [2.45, 2.75) is 59.2 Å². The molecule has 106 valence electrons. The molecule has 1 fully saturated rings. The Kier molecular flexibility index (Phi) is 5.00. The standard InChI is InChI=1S/C17H28N2/c1-13(2)18-17-6-5-9-19(12-17)11-16-10-14(3)7-8-15(16)4/h7-8,10,13,17-18H,5-6,9,11-12H2,1-4H3. The third kappa shape index (κ3) is 4.32. The van der Waals surface area contributed by atoms with E-state index < -0.39 is 0 Å². The molecule has 0 amide bonds. The summed E-state index contributed by atoms with van der Waals surface area (Å²) in [6.45, 7) is 12.4. The van der Waals surface area contributed by atoms with Crippen LogP contribution in [0.25, 0.3) is 0 Å². The molecule has 1 aliphatic heterocycles. The van der Waals surface area contributed by atoms with Gasteiger partial charge < -0.3 is 5.32 Å². The van der Waals surface area contributed by atoms with Crippen LogP contribution in [0.4, 0.5) is 0 Å². The van der Waals surface area contributed by atoms with Crippen LogP contribution in [0.5, 0.6) is 0 Å². The Morgan fingerprint density at radius 3 is 2.84 bits per heavy atom. The summed E-state index contributed by atoms with van der Waals surface area (Å²) in [7, 11) is 0. The van der Waals surface area contributed by atoms with E-state index in [1.807, 2.05) is 0 Å². The number of nitrogens with zero attached hydrogens (tertiary/aromatic N) is 1. The highest BCUT2D eigenvalue weighted by Gasteiger charge is 2.20. The quantitative estimate of drug-likeness (QED) is 0.894. The predicted molar refractivity (Wildman–Crippen MR) is 82.5 cm³/mol. The minimum absolute atomic E-state index is 0.589. The normalized spacial score (nSPS) is 21.0. The Bertz CT molecular complexity index is 412. The highest BCUT2D eigenvalue weighted by Crippen LogP contribution is 2.17. The second-order valence-electron chi connectivity index (χ2n) is 6.33. The molecule has 1 aliphatic rings. The van der Waals surface area contributed by atoms with E-state index in [1.54, 1.807) is 0 Å². The van der Waals surface area contributed by atoms with Crippen LogP contribution < -0.4 is 5.32 Å². The van der Waals surface area contributed by atoms with Crippen molar-refractivity contribution in [2.24, 2.45) is 0 Å². The van der Waals surface area contributed by atoms with Gasteiger partial charge >= 0.3 is 0 Å². The van der Waals surface area contributed by atoms with Gasteiger partial charge in [0.2, 0.25) is 0 Å². The van der Waals surface area contributed by atoms with Crippen LogP contribution in [-0.2, 0) is 6.54 Å². The lowest BCUT2D eigenvalue weighted by atomic mass is 10.0. The van der Waals surface area contributed by atoms with Crippen molar-refractivity contribution in [1.29, 1.82) is 0 Å². The first-order valence-corrected chi connectivity index (χ1v) is 7.59. The molecular weight excluding hydrogens is 232 g/mol. The maximum absolute atomic E-state index is 3.68. The van der Waals surface area contributed by atoms with Crippen LogP contribution in [0, 0.1) is 13.8 Å². The van der Waals surface area contributed by atoms with Gasteiger partial charge in [0.25, 0.3) is 0 Å². The van der Waals surface area contributed by atoms with Crippen molar-refractivity contribution in [3.05, 3.63) is 34.9 Å². The topological polar surface area (TPSA) is 15.3 Å². The Hall–Kier alpha value is -0.860. The number of hydrogen-bond donors (Lipinski definition) is 1. The molecule has 1 aromatic carbocycles. The molecule has 0 saturated carbocycles. The van der Waals surface area contributed by atoms with Gasteiger partial charge in [0, 0.05) is 25.2 Å². The molecule has 2 heteroatoms. The van der Waals surface area contributed by atoms with Crippen LogP contribution in [0.3, 0.4) is 0 Å². The molecule has 1 aromatic rings. The van der Waals surface area contributed by atoms with E-state index in [0.717, 1.165) is 6.54 Å². The second-order valence-corrected chi connectivity index (χ2v) is 6.33. The molecule has 0 spiro atoms. The van der Waals surface area contributed by atoms with Crippen LogP contribution in [0.15, 0.2) is 18.2 Å². The third-order valence-corrected chi connectivity index (χ3v) is 3.97. The first-order valence-electron chi connectivity index (χ1n) is 7.59. The summed E-state index contributed by atoms with van der Waals surface area (Å²) < 4.78 is 0. The van der Waals surface area contributed by atoms with Gasteiger partial charge in [-0.15, -0.1) is 0 Å². The van der Waals surface area contributed by atoms with Crippen LogP contribution in [0.1, 0.15) is 43.4 Å². The minimum Gasteiger partial charge on any atom is -0.311 e. The van der Waals surface area contributed by atoms with Crippen molar-refractivity contribution < 1.29 is 0 Å². The number of likely N-dealkylation sites (tertiary alicyclic amines) is 1. The fourth-order valence-electron chi connectivity index (χ4n) is 3.02. The average molecular weight is 260 g/mol. The van der Waals surface area contributed by atoms with Crippen molar-refractivity contribution in [3.63, 3.8) is 0 Å². The van der Waals surface area contributed by atoms with Gasteiger partial charge in [-0.05, 0) is 44.4 Å². The van der Waals surface area contributed by atoms with E-state index in [0.29, 0.717) is 12.1 Å². The summed E-state index contributed by atoms with van der Waals surface area (Å²) in [4.78, 5) is 2.60. The van der Waals surface area contributed by atoms with E-state index >= 15 is 0 Å². The molecule has 1 N–H and O–H groups in total. The molecule has 1 atom stereocenters. The number of rotatable bonds is 4. The minimum atomic E-state index is 0.589. The first kappa shape index (κ1) is 14.5. The molecular formula is C17H28N2. The van der Waals surface area contributed by atoms with Crippen LogP contribution >= 0.6 is 0 Å². The molecule has 1 heterocycles. The van der Waals surface area contributed by atoms with Gasteiger partial charge in [-0.1, -0.05) is 37.6 Å². The predicted octanol–water partition coefficient (Wildman–Crippen LogP) is 3.27. The Balaban J connectivity index is 1.96. The van der Waals surface area contributed by atoms with E-state index in [1.165, 1.54) is 42.6 Å². The van der Waals surface area contributed by atoms with Crippen molar-refractivity contribution >= 4 is 0 Å². The number of piperidine rings is 1. The van der Waals surface area contributed by atoms with Gasteiger partial charge in [-0.25, -0.2) is 0 Å². The van der Waals surface area contributed by atoms with Crippen molar-refractivity contribution in [2.75, 3.05) is 13.1 Å². The lowest BCUT2D eigenvalue weighted by Gasteiger charge is -2.34. The van der Waals surface area contributed by atoms with Gasteiger partial charge in [0.1, 0.15) is 0 Å². The van der Waals surface area contributed by atoms with Crippen molar-refractivity contribution in [3.8, 4) is 0 Å². The summed E-state index contributed by atoms with van der Waals surface area (Å²) >= 11 is 0. The molecule has 0 bridgehead atoms. The summed E-state index contributed by atoms with van der Waals surface area (Å²) in [6.07, 6.45) is 2.64. The Labute approximate surface area is 118 Å². The lowest BCUT2D eigenvalue weighted by molar-refractivity contribution is 0.178. The second kappa shape index (κ2) is 6.53. The van der Waals surface area contributed by atoms with Crippen molar-refractivity contribution in [1.82, 2.24) is 10.2 Å². The van der Waals surface area contributed by atoms with Gasteiger partial charge in [0.05, 0.1) is 0 Å². The highest BCUT2D eigenvalue weighted by molar-refractivity contribution is 5.30. The summed E-state index contributed by atoms with van der Waals surface area (Å²) in [5.41, 5.74) is 4.28. The molecule has 2 rings (SSSR count). The number of benzene rings is 1. The molecule has 1 saturated heterocycles. The zero-order chi connectivity index (χ0) is 13.8. The van der Waals surface area contributed by atoms with Gasteiger partial charge in [0.15, 0.2) is 0 Å². The smallest absolute Gasteiger partial charge is 0.0237 e. The number of nitrogens with one attached hydrogen (secondary N) is 1. The number of aryl methyl sites for hydroxylation is 2. The summed E-state index contributed by atoms with van der Waals surface area (Å²) in [6, 6.07) is 8.05. The van der Waals surface area contributed by atoms with E-state index in [2.05, 4.69) is 56.1 Å². The molecule has 0 aliphatic carbocycles. The molecule has 1 unspecified atom stereocenters. The Morgan fingerprint density at radius 2 is 2.11 bits per heavy atom. The Morgan fingerprint density at radius 1 is 1.32 bits per heavy atom. The maximum atomic E-state index is 3.68. The molecule has 0 aromatic heterocycles. The highest BCUT2D eigenvalue weighted by atomic mass is 15.2. The van der Waals surface area contributed by atoms with Crippen LogP contribution in [0.2, 0.25) is 0 Å². The van der Waals surface area contributed by atoms with Gasteiger partial charge in [-0.2, -0.15) is 0 Å². The first-order chi connectivity index (χ1) is 9.04. The van der Waals surface area contributed by atoms with E-state index in [4.69, 9.17) is 0 Å². The average Bonchev–Trinajstić information content (AvgIpc) is 2.33. The SMILES string of the molecule is Cc1ccc(C)c(CN2CCCC(NC(C)C)C2)c1. The lowest BCUT2D eigenvalue weighted by Crippen LogP contribution is -2.47. The van der Waals surface area contributed by atoms with Gasteiger partial charge in [-0.3, -0.25) is 4.90 Å². The van der Waals surface area contributed by atoms with E-state index in [-0.39, 0.29) is 0 Å². The molecule has 19 heavy (non-hydrogen) atoms. The largest absolute Gasteiger partial charge is 0.311 e. The maximum Gasteiger partial charge on any atom is 0.0237 e. The number of hydrogen-bond acceptors (Lipinski definition) is 2. The fourth-order valence-corrected chi connectivity index (χ4v) is 3.02. The molecule has 0 radical (unpaired) electrons. The zero-order valence-corrected chi connectivity index (χ0v) is 12.9. The molecule has 2 nitrogen and oxygen atoms in total.